The third-order valence-corrected chi connectivity index (χ3v) is 4.77. The molecule has 0 aromatic heterocycles. The van der Waals surface area contributed by atoms with E-state index in [2.05, 4.69) is 43.0 Å². The molecule has 0 unspecified atom stereocenters. The summed E-state index contributed by atoms with van der Waals surface area (Å²) >= 11 is 0. The lowest BCUT2D eigenvalue weighted by Gasteiger charge is -2.26. The van der Waals surface area contributed by atoms with Crippen LogP contribution in [0.2, 0.25) is 0 Å². The normalized spacial score (nSPS) is 11.9. The van der Waals surface area contributed by atoms with Crippen molar-refractivity contribution in [3.63, 3.8) is 0 Å². The van der Waals surface area contributed by atoms with E-state index < -0.39 is 5.60 Å². The number of hydrogen-bond acceptors (Lipinski definition) is 5. The summed E-state index contributed by atoms with van der Waals surface area (Å²) in [6.45, 7) is 15.4. The zero-order chi connectivity index (χ0) is 29.5. The number of hydrogen-bond donors (Lipinski definition) is 2. The molecule has 0 rings (SSSR count). The molecule has 0 radical (unpaired) electrons. The minimum absolute atomic E-state index is 0. The maximum atomic E-state index is 12.0. The number of halogens is 1. The first-order valence-electron chi connectivity index (χ1n) is 13.3. The summed E-state index contributed by atoms with van der Waals surface area (Å²) in [6.07, 6.45) is 1.50. The summed E-state index contributed by atoms with van der Waals surface area (Å²) in [5.41, 5.74) is 5.49. The van der Waals surface area contributed by atoms with Crippen molar-refractivity contribution in [2.45, 2.75) is 86.4 Å². The van der Waals surface area contributed by atoms with E-state index >= 15 is 0 Å². The molecule has 0 saturated heterocycles. The van der Waals surface area contributed by atoms with Crippen LogP contribution in [0.15, 0.2) is 9.98 Å². The predicted octanol–water partition coefficient (Wildman–Crippen LogP) is 4.30. The number of guanidine groups is 2. The first-order valence-corrected chi connectivity index (χ1v) is 13.3. The zero-order valence-corrected chi connectivity index (χ0v) is 27.9. The van der Waals surface area contributed by atoms with Crippen molar-refractivity contribution < 1.29 is 9.53 Å². The molecular formula is C28H65ClN8O2. The molecule has 0 aliphatic carbocycles. The topological polar surface area (TPSA) is 102 Å². The summed E-state index contributed by atoms with van der Waals surface area (Å²) in [7, 11) is 15.8. The Balaban J connectivity index is -0.000000318. The highest BCUT2D eigenvalue weighted by molar-refractivity contribution is 5.85. The highest BCUT2D eigenvalue weighted by atomic mass is 35.5. The van der Waals surface area contributed by atoms with Gasteiger partial charge >= 0.3 is 6.09 Å². The van der Waals surface area contributed by atoms with E-state index in [1.54, 1.807) is 0 Å². The van der Waals surface area contributed by atoms with Crippen molar-refractivity contribution in [2.24, 2.45) is 27.6 Å². The molecule has 0 aromatic rings. The van der Waals surface area contributed by atoms with Gasteiger partial charge in [0.25, 0.3) is 0 Å². The first kappa shape index (κ1) is 44.1. The van der Waals surface area contributed by atoms with Crippen molar-refractivity contribution in [3.8, 4) is 0 Å². The van der Waals surface area contributed by atoms with Crippen LogP contribution in [0.1, 0.15) is 68.7 Å². The fraction of sp³-hybridized carbons (Fsp3) is 0.893. The Morgan fingerprint density at radius 3 is 1.44 bits per heavy atom. The maximum Gasteiger partial charge on any atom is 0.407 e. The molecule has 0 heterocycles. The van der Waals surface area contributed by atoms with Gasteiger partial charge in [-0.2, -0.15) is 0 Å². The highest BCUT2D eigenvalue weighted by Gasteiger charge is 2.20. The lowest BCUT2D eigenvalue weighted by Crippen LogP contribution is -2.42. The fourth-order valence-electron chi connectivity index (χ4n) is 3.66. The number of amides is 1. The second-order valence-corrected chi connectivity index (χ2v) is 12.2. The number of aliphatic imine (C=N–C) groups is 2. The first-order chi connectivity index (χ1) is 16.8. The molecule has 0 aromatic carbocycles. The third-order valence-electron chi connectivity index (χ3n) is 4.77. The third kappa shape index (κ3) is 24.8. The van der Waals surface area contributed by atoms with E-state index in [-0.39, 0.29) is 38.0 Å². The zero-order valence-electron chi connectivity index (χ0n) is 27.1. The molecule has 2 atom stereocenters. The van der Waals surface area contributed by atoms with Crippen molar-refractivity contribution in [2.75, 3.05) is 69.5 Å². The van der Waals surface area contributed by atoms with Crippen molar-refractivity contribution in [1.29, 1.82) is 0 Å². The van der Waals surface area contributed by atoms with E-state index in [1.165, 1.54) is 0 Å². The van der Waals surface area contributed by atoms with Gasteiger partial charge in [0, 0.05) is 62.4 Å². The van der Waals surface area contributed by atoms with Crippen LogP contribution < -0.4 is 11.1 Å². The van der Waals surface area contributed by atoms with Crippen LogP contribution in [0.3, 0.4) is 0 Å². The van der Waals surface area contributed by atoms with Crippen LogP contribution in [0.25, 0.3) is 0 Å². The Labute approximate surface area is 248 Å². The van der Waals surface area contributed by atoms with Gasteiger partial charge in [0.1, 0.15) is 5.60 Å². The maximum absolute atomic E-state index is 12.0. The lowest BCUT2D eigenvalue weighted by molar-refractivity contribution is 0.0500. The van der Waals surface area contributed by atoms with Gasteiger partial charge in [-0.3, -0.25) is 9.98 Å². The van der Waals surface area contributed by atoms with Gasteiger partial charge in [-0.05, 0) is 45.4 Å². The lowest BCUT2D eigenvalue weighted by atomic mass is 10.0. The van der Waals surface area contributed by atoms with Crippen molar-refractivity contribution in [1.82, 2.24) is 24.9 Å². The van der Waals surface area contributed by atoms with Gasteiger partial charge in [0.2, 0.25) is 0 Å². The van der Waals surface area contributed by atoms with E-state index in [0.717, 1.165) is 24.8 Å². The number of carbonyl (C=O) groups is 1. The molecule has 0 saturated carbocycles. The molecule has 10 nitrogen and oxygen atoms in total. The van der Waals surface area contributed by atoms with Crippen LogP contribution >= 0.6 is 12.4 Å². The average molecular weight is 581 g/mol. The second-order valence-electron chi connectivity index (χ2n) is 12.2. The number of nitrogens with zero attached hydrogens (tertiary/aromatic N) is 6. The summed E-state index contributed by atoms with van der Waals surface area (Å²) < 4.78 is 5.33. The quantitative estimate of drug-likeness (QED) is 0.309. The monoisotopic (exact) mass is 580 g/mol. The number of carbonyl (C=O) groups excluding carboxylic acids is 1. The fourth-order valence-corrected chi connectivity index (χ4v) is 3.66. The molecule has 0 aliphatic rings. The molecule has 1 amide bonds. The summed E-state index contributed by atoms with van der Waals surface area (Å²) in [6, 6.07) is 0.129. The highest BCUT2D eigenvalue weighted by Crippen LogP contribution is 2.10. The molecule has 3 N–H and O–H groups in total. The second kappa shape index (κ2) is 21.8. The minimum atomic E-state index is -0.492. The van der Waals surface area contributed by atoms with Crippen LogP contribution in [-0.2, 0) is 4.74 Å². The molecule has 0 aliphatic heterocycles. The number of rotatable bonds is 9. The number of nitrogens with one attached hydrogen (secondary N) is 1. The molecule has 0 fully saturated rings. The van der Waals surface area contributed by atoms with E-state index in [4.69, 9.17) is 10.5 Å². The van der Waals surface area contributed by atoms with Crippen LogP contribution in [0.5, 0.6) is 0 Å². The Morgan fingerprint density at radius 1 is 0.769 bits per heavy atom. The standard InChI is InChI=1S/C16H34N4O2.C11H26N4.CH4.ClH/c1-12(2)10-13(18-15(21)22-16(3,4)5)11-17-14(19(6)7)20(8)9;1-9(2)7-10(12)8-13-11(14(3)4)15(5)6;;/h12-13H,10-11H2,1-9H3,(H,18,21);9-10H,7-8,12H2,1-6H3;1H4;1H/t13-;10-;;/m00../s1. The Kier molecular flexibility index (Phi) is 24.7. The predicted molar refractivity (Wildman–Crippen MR) is 173 cm³/mol. The molecular weight excluding hydrogens is 516 g/mol. The molecule has 39 heavy (non-hydrogen) atoms. The minimum Gasteiger partial charge on any atom is -0.444 e. The number of alkyl carbamates (subject to hydrolysis) is 1. The SMILES string of the molecule is C.CC(C)C[C@@H](CN=C(N(C)C)N(C)C)NC(=O)OC(C)(C)C.CC(C)C[C@H](N)CN=C(N(C)C)N(C)C.Cl. The molecule has 11 heteroatoms. The smallest absolute Gasteiger partial charge is 0.407 e. The van der Waals surface area contributed by atoms with Gasteiger partial charge < -0.3 is 35.4 Å². The van der Waals surface area contributed by atoms with Gasteiger partial charge in [-0.15, -0.1) is 12.4 Å². The van der Waals surface area contributed by atoms with E-state index in [1.807, 2.05) is 96.8 Å². The largest absolute Gasteiger partial charge is 0.444 e. The van der Waals surface area contributed by atoms with Crippen LogP contribution in [-0.4, -0.2) is 125 Å². The van der Waals surface area contributed by atoms with E-state index in [9.17, 15) is 4.79 Å². The Hall–Kier alpha value is -1.94. The van der Waals surface area contributed by atoms with Gasteiger partial charge in [0.15, 0.2) is 11.9 Å². The van der Waals surface area contributed by atoms with E-state index in [0.29, 0.717) is 24.9 Å². The van der Waals surface area contributed by atoms with Gasteiger partial charge in [0.05, 0.1) is 19.1 Å². The van der Waals surface area contributed by atoms with Gasteiger partial charge in [-0.1, -0.05) is 35.1 Å². The molecule has 236 valence electrons. The Morgan fingerprint density at radius 2 is 1.13 bits per heavy atom. The van der Waals surface area contributed by atoms with Crippen LogP contribution in [0.4, 0.5) is 4.79 Å². The summed E-state index contributed by atoms with van der Waals surface area (Å²) in [5.74, 6) is 2.95. The molecule has 0 spiro atoms. The van der Waals surface area contributed by atoms with Gasteiger partial charge in [-0.25, -0.2) is 4.79 Å². The molecule has 0 bridgehead atoms. The Bertz CT molecular complexity index is 668. The summed E-state index contributed by atoms with van der Waals surface area (Å²) in [5, 5.41) is 2.93. The number of ether oxygens (including phenoxy) is 1. The van der Waals surface area contributed by atoms with Crippen LogP contribution in [0, 0.1) is 11.8 Å². The van der Waals surface area contributed by atoms with Crippen molar-refractivity contribution >= 4 is 30.4 Å². The van der Waals surface area contributed by atoms with Crippen molar-refractivity contribution in [3.05, 3.63) is 0 Å². The summed E-state index contributed by atoms with van der Waals surface area (Å²) in [4.78, 5) is 29.0. The average Bonchev–Trinajstić information content (AvgIpc) is 2.64. The number of nitrogens with two attached hydrogens (primary N) is 1.